The zero-order valence-corrected chi connectivity index (χ0v) is 19.9. The van der Waals surface area contributed by atoms with E-state index < -0.39 is 22.5 Å². The number of benzene rings is 3. The minimum atomic E-state index is -4.01. The molecular weight excluding hydrogens is 485 g/mol. The lowest BCUT2D eigenvalue weighted by Crippen LogP contribution is -2.39. The van der Waals surface area contributed by atoms with Crippen LogP contribution in [0.2, 0.25) is 10.0 Å². The number of halogens is 2. The van der Waals surface area contributed by atoms with E-state index in [2.05, 4.69) is 10.5 Å². The Bertz CT molecular complexity index is 1250. The van der Waals surface area contributed by atoms with Crippen LogP contribution in [0, 0.1) is 0 Å². The van der Waals surface area contributed by atoms with Crippen LogP contribution >= 0.6 is 23.2 Å². The Labute approximate surface area is 202 Å². The third-order valence-corrected chi connectivity index (χ3v) is 6.81. The number of amides is 1. The summed E-state index contributed by atoms with van der Waals surface area (Å²) in [5, 5.41) is 4.78. The maximum Gasteiger partial charge on any atom is 0.255 e. The molecule has 10 heteroatoms. The number of nitrogens with one attached hydrogen (secondary N) is 1. The molecule has 0 saturated carbocycles. The Morgan fingerprint density at radius 1 is 1.03 bits per heavy atom. The molecule has 0 radical (unpaired) electrons. The molecule has 172 valence electrons. The highest BCUT2D eigenvalue weighted by Gasteiger charge is 2.27. The van der Waals surface area contributed by atoms with Gasteiger partial charge in [0, 0.05) is 16.6 Å². The molecule has 0 unspecified atom stereocenters. The maximum absolute atomic E-state index is 13.3. The van der Waals surface area contributed by atoms with E-state index in [9.17, 15) is 13.2 Å². The maximum atomic E-state index is 13.3. The summed E-state index contributed by atoms with van der Waals surface area (Å²) in [5.74, 6) is 0.0424. The van der Waals surface area contributed by atoms with Crippen molar-refractivity contribution >= 4 is 45.3 Å². The molecule has 1 amide bonds. The Balaban J connectivity index is 1.78. The molecule has 33 heavy (non-hydrogen) atoms. The first kappa shape index (κ1) is 24.7. The number of hydrogen-bond donors (Lipinski definition) is 1. The Hall–Kier alpha value is -2.91. The summed E-state index contributed by atoms with van der Waals surface area (Å²) < 4.78 is 32.7. The second kappa shape index (κ2) is 11.3. The van der Waals surface area contributed by atoms with Gasteiger partial charge in [0.05, 0.1) is 24.8 Å². The van der Waals surface area contributed by atoms with Crippen LogP contribution in [0.4, 0.5) is 0 Å². The van der Waals surface area contributed by atoms with Gasteiger partial charge in [-0.3, -0.25) is 4.79 Å². The van der Waals surface area contributed by atoms with Crippen molar-refractivity contribution in [2.45, 2.75) is 11.4 Å². The smallest absolute Gasteiger partial charge is 0.255 e. The average Bonchev–Trinajstić information content (AvgIpc) is 2.79. The minimum Gasteiger partial charge on any atom is -0.497 e. The summed E-state index contributed by atoms with van der Waals surface area (Å²) in [4.78, 5) is 12.6. The number of hydrazone groups is 1. The Kier molecular flexibility index (Phi) is 8.46. The van der Waals surface area contributed by atoms with E-state index in [4.69, 9.17) is 27.9 Å². The van der Waals surface area contributed by atoms with E-state index in [1.807, 2.05) is 0 Å². The monoisotopic (exact) mass is 505 g/mol. The van der Waals surface area contributed by atoms with Crippen molar-refractivity contribution in [1.82, 2.24) is 9.73 Å². The third kappa shape index (κ3) is 7.03. The van der Waals surface area contributed by atoms with Crippen molar-refractivity contribution in [3.63, 3.8) is 0 Å². The molecule has 3 aromatic carbocycles. The highest BCUT2D eigenvalue weighted by molar-refractivity contribution is 7.89. The molecule has 0 atom stereocenters. The molecule has 3 rings (SSSR count). The number of sulfonamides is 1. The number of carbonyl (C=O) groups is 1. The van der Waals surface area contributed by atoms with E-state index in [1.54, 1.807) is 55.6 Å². The summed E-state index contributed by atoms with van der Waals surface area (Å²) >= 11 is 11.9. The van der Waals surface area contributed by atoms with Gasteiger partial charge in [-0.05, 0) is 59.7 Å². The fourth-order valence-electron chi connectivity index (χ4n) is 2.92. The molecule has 0 aliphatic carbocycles. The summed E-state index contributed by atoms with van der Waals surface area (Å²) in [6.07, 6.45) is 1.44. The van der Waals surface area contributed by atoms with E-state index in [0.29, 0.717) is 26.9 Å². The normalized spacial score (nSPS) is 11.6. The van der Waals surface area contributed by atoms with Crippen LogP contribution in [0.5, 0.6) is 5.75 Å². The number of carbonyl (C=O) groups excluding carboxylic acids is 1. The average molecular weight is 506 g/mol. The first-order valence-electron chi connectivity index (χ1n) is 9.74. The molecule has 3 aromatic rings. The van der Waals surface area contributed by atoms with Gasteiger partial charge in [-0.2, -0.15) is 9.41 Å². The van der Waals surface area contributed by atoms with Crippen LogP contribution in [0.3, 0.4) is 0 Å². The van der Waals surface area contributed by atoms with Gasteiger partial charge in [0.2, 0.25) is 10.0 Å². The fraction of sp³-hybridized carbons (Fsp3) is 0.130. The number of nitrogens with zero attached hydrogens (tertiary/aromatic N) is 2. The molecule has 0 aromatic heterocycles. The van der Waals surface area contributed by atoms with E-state index in [-0.39, 0.29) is 11.4 Å². The molecule has 0 spiro atoms. The third-order valence-electron chi connectivity index (χ3n) is 4.52. The topological polar surface area (TPSA) is 88.1 Å². The molecule has 0 aliphatic rings. The molecule has 0 saturated heterocycles. The van der Waals surface area contributed by atoms with Crippen LogP contribution in [-0.4, -0.2) is 38.5 Å². The lowest BCUT2D eigenvalue weighted by atomic mass is 10.2. The van der Waals surface area contributed by atoms with Crippen molar-refractivity contribution in [3.05, 3.63) is 94.0 Å². The van der Waals surface area contributed by atoms with E-state index in [1.165, 1.54) is 30.5 Å². The van der Waals surface area contributed by atoms with Gasteiger partial charge in [-0.25, -0.2) is 13.8 Å². The Morgan fingerprint density at radius 2 is 1.76 bits per heavy atom. The highest BCUT2D eigenvalue weighted by atomic mass is 35.5. The van der Waals surface area contributed by atoms with Gasteiger partial charge in [-0.15, -0.1) is 0 Å². The standard InChI is InChI=1S/C23H21Cl2N3O4S/c1-32-21-7-3-4-17(13-21)14-26-27-23(29)16-28(15-18-5-2-6-20(25)12-18)33(30,31)22-10-8-19(24)9-11-22/h2-14H,15-16H2,1H3,(H,27,29)/b26-14-. The van der Waals surface area contributed by atoms with Crippen molar-refractivity contribution in [2.24, 2.45) is 5.10 Å². The molecule has 0 aliphatic heterocycles. The highest BCUT2D eigenvalue weighted by Crippen LogP contribution is 2.21. The van der Waals surface area contributed by atoms with Crippen molar-refractivity contribution < 1.29 is 17.9 Å². The lowest BCUT2D eigenvalue weighted by molar-refractivity contribution is -0.121. The van der Waals surface area contributed by atoms with Crippen LogP contribution in [-0.2, 0) is 21.4 Å². The predicted octanol–water partition coefficient (Wildman–Crippen LogP) is 4.34. The van der Waals surface area contributed by atoms with Gasteiger partial charge in [0.1, 0.15) is 5.75 Å². The lowest BCUT2D eigenvalue weighted by Gasteiger charge is -2.21. The molecular formula is C23H21Cl2N3O4S. The van der Waals surface area contributed by atoms with Crippen molar-refractivity contribution in [1.29, 1.82) is 0 Å². The molecule has 7 nitrogen and oxygen atoms in total. The van der Waals surface area contributed by atoms with Crippen molar-refractivity contribution in [3.8, 4) is 5.75 Å². The minimum absolute atomic E-state index is 0.0154. The predicted molar refractivity (Wildman–Crippen MR) is 129 cm³/mol. The molecule has 1 N–H and O–H groups in total. The van der Waals surface area contributed by atoms with Gasteiger partial charge < -0.3 is 4.74 Å². The first-order chi connectivity index (χ1) is 15.8. The molecule has 0 bridgehead atoms. The fourth-order valence-corrected chi connectivity index (χ4v) is 4.64. The quantitative estimate of drug-likeness (QED) is 0.346. The van der Waals surface area contributed by atoms with Crippen LogP contribution in [0.1, 0.15) is 11.1 Å². The molecule has 0 heterocycles. The molecule has 0 fully saturated rings. The zero-order valence-electron chi connectivity index (χ0n) is 17.6. The van der Waals surface area contributed by atoms with E-state index in [0.717, 1.165) is 4.31 Å². The van der Waals surface area contributed by atoms with Gasteiger partial charge in [-0.1, -0.05) is 47.5 Å². The van der Waals surface area contributed by atoms with Crippen molar-refractivity contribution in [2.75, 3.05) is 13.7 Å². The largest absolute Gasteiger partial charge is 0.497 e. The zero-order chi connectivity index (χ0) is 23.8. The number of ether oxygens (including phenoxy) is 1. The van der Waals surface area contributed by atoms with Gasteiger partial charge >= 0.3 is 0 Å². The van der Waals surface area contributed by atoms with Crippen LogP contribution in [0.25, 0.3) is 0 Å². The van der Waals surface area contributed by atoms with E-state index >= 15 is 0 Å². The summed E-state index contributed by atoms with van der Waals surface area (Å²) in [7, 11) is -2.46. The van der Waals surface area contributed by atoms with Gasteiger partial charge in [0.15, 0.2) is 0 Å². The van der Waals surface area contributed by atoms with Gasteiger partial charge in [0.25, 0.3) is 5.91 Å². The number of methoxy groups -OCH3 is 1. The number of rotatable bonds is 9. The second-order valence-corrected chi connectivity index (χ2v) is 9.74. The Morgan fingerprint density at radius 3 is 2.45 bits per heavy atom. The second-order valence-electron chi connectivity index (χ2n) is 6.93. The van der Waals surface area contributed by atoms with Crippen LogP contribution in [0.15, 0.2) is 82.8 Å². The first-order valence-corrected chi connectivity index (χ1v) is 11.9. The summed E-state index contributed by atoms with van der Waals surface area (Å²) in [6, 6.07) is 19.6. The number of hydrogen-bond acceptors (Lipinski definition) is 5. The SMILES string of the molecule is COc1cccc(/C=N\NC(=O)CN(Cc2cccc(Cl)c2)S(=O)(=O)c2ccc(Cl)cc2)c1. The van der Waals surface area contributed by atoms with Crippen LogP contribution < -0.4 is 10.2 Å². The summed E-state index contributed by atoms with van der Waals surface area (Å²) in [5.41, 5.74) is 3.71. The summed E-state index contributed by atoms with van der Waals surface area (Å²) in [6.45, 7) is -0.508.